The zero-order chi connectivity index (χ0) is 17.5. The number of amides is 2. The van der Waals surface area contributed by atoms with Crippen LogP contribution in [0.25, 0.3) is 0 Å². The molecule has 1 aromatic carbocycles. The predicted molar refractivity (Wildman–Crippen MR) is 93.7 cm³/mol. The second-order valence-electron chi connectivity index (χ2n) is 5.44. The van der Waals surface area contributed by atoms with E-state index in [2.05, 4.69) is 5.32 Å². The Bertz CT molecular complexity index is 570. The summed E-state index contributed by atoms with van der Waals surface area (Å²) < 4.78 is 4.92. The van der Waals surface area contributed by atoms with E-state index in [1.54, 1.807) is 35.1 Å². The Morgan fingerprint density at radius 1 is 1.12 bits per heavy atom. The normalized spacial score (nSPS) is 14.8. The maximum Gasteiger partial charge on any atom is 0.257 e. The number of rotatable bonds is 6. The molecule has 1 heterocycles. The van der Waals surface area contributed by atoms with Gasteiger partial charge in [-0.1, -0.05) is 29.3 Å². The van der Waals surface area contributed by atoms with E-state index in [1.807, 2.05) is 0 Å². The highest BCUT2D eigenvalue weighted by Crippen LogP contribution is 2.26. The molecular formula is C16H21Cl2N3O3. The lowest BCUT2D eigenvalue weighted by Gasteiger charge is -2.35. The molecular weight excluding hydrogens is 353 g/mol. The van der Waals surface area contributed by atoms with Crippen LogP contribution in [0.5, 0.6) is 0 Å². The van der Waals surface area contributed by atoms with Gasteiger partial charge in [-0.3, -0.25) is 9.59 Å². The number of carbonyl (C=O) groups is 2. The van der Waals surface area contributed by atoms with Gasteiger partial charge in [-0.25, -0.2) is 0 Å². The quantitative estimate of drug-likeness (QED) is 0.767. The molecule has 8 heteroatoms. The van der Waals surface area contributed by atoms with Gasteiger partial charge in [0.05, 0.1) is 28.8 Å². The Labute approximate surface area is 151 Å². The summed E-state index contributed by atoms with van der Waals surface area (Å²) in [5.74, 6) is -0.176. The largest absolute Gasteiger partial charge is 0.383 e. The van der Waals surface area contributed by atoms with E-state index in [-0.39, 0.29) is 18.4 Å². The highest BCUT2D eigenvalue weighted by molar-refractivity contribution is 6.39. The van der Waals surface area contributed by atoms with Crippen LogP contribution < -0.4 is 5.32 Å². The molecule has 1 N–H and O–H groups in total. The third-order valence-electron chi connectivity index (χ3n) is 3.86. The average Bonchev–Trinajstić information content (AvgIpc) is 2.58. The number of benzene rings is 1. The van der Waals surface area contributed by atoms with Gasteiger partial charge in [0.15, 0.2) is 0 Å². The van der Waals surface area contributed by atoms with Crippen LogP contribution in [0.2, 0.25) is 10.0 Å². The van der Waals surface area contributed by atoms with E-state index in [1.165, 1.54) is 0 Å². The fraction of sp³-hybridized carbons (Fsp3) is 0.500. The van der Waals surface area contributed by atoms with Crippen molar-refractivity contribution in [1.82, 2.24) is 15.1 Å². The van der Waals surface area contributed by atoms with Crippen LogP contribution in [0.1, 0.15) is 10.4 Å². The first-order valence-electron chi connectivity index (χ1n) is 7.75. The zero-order valence-corrected chi connectivity index (χ0v) is 15.1. The van der Waals surface area contributed by atoms with E-state index in [9.17, 15) is 9.59 Å². The third-order valence-corrected chi connectivity index (χ3v) is 4.49. The third kappa shape index (κ3) is 4.83. The van der Waals surface area contributed by atoms with Crippen molar-refractivity contribution in [3.63, 3.8) is 0 Å². The van der Waals surface area contributed by atoms with Gasteiger partial charge in [-0.15, -0.1) is 0 Å². The number of carbonyl (C=O) groups excluding carboxylic acids is 2. The van der Waals surface area contributed by atoms with Crippen molar-refractivity contribution in [1.29, 1.82) is 0 Å². The molecule has 0 spiro atoms. The van der Waals surface area contributed by atoms with Gasteiger partial charge in [-0.2, -0.15) is 0 Å². The molecule has 24 heavy (non-hydrogen) atoms. The molecule has 0 radical (unpaired) electrons. The lowest BCUT2D eigenvalue weighted by Crippen LogP contribution is -2.52. The number of methoxy groups -OCH3 is 1. The van der Waals surface area contributed by atoms with Crippen LogP contribution >= 0.6 is 23.2 Å². The van der Waals surface area contributed by atoms with Gasteiger partial charge in [0.2, 0.25) is 5.91 Å². The van der Waals surface area contributed by atoms with Crippen molar-refractivity contribution < 1.29 is 14.3 Å². The molecule has 2 rings (SSSR count). The van der Waals surface area contributed by atoms with E-state index in [0.29, 0.717) is 54.9 Å². The number of piperazine rings is 1. The van der Waals surface area contributed by atoms with E-state index >= 15 is 0 Å². The van der Waals surface area contributed by atoms with Crippen LogP contribution in [0.4, 0.5) is 0 Å². The molecule has 1 aromatic rings. The van der Waals surface area contributed by atoms with Gasteiger partial charge >= 0.3 is 0 Å². The van der Waals surface area contributed by atoms with Crippen LogP contribution in [-0.2, 0) is 9.53 Å². The van der Waals surface area contributed by atoms with Crippen molar-refractivity contribution in [2.75, 3.05) is 53.0 Å². The minimum atomic E-state index is -0.198. The highest BCUT2D eigenvalue weighted by atomic mass is 35.5. The molecule has 1 aliphatic rings. The van der Waals surface area contributed by atoms with E-state index < -0.39 is 0 Å². The molecule has 1 fully saturated rings. The van der Waals surface area contributed by atoms with Crippen molar-refractivity contribution >= 4 is 35.0 Å². The Balaban J connectivity index is 1.86. The van der Waals surface area contributed by atoms with Crippen molar-refractivity contribution in [2.24, 2.45) is 0 Å². The Kier molecular flexibility index (Phi) is 7.30. The lowest BCUT2D eigenvalue weighted by molar-refractivity contribution is -0.131. The summed E-state index contributed by atoms with van der Waals surface area (Å²) in [4.78, 5) is 28.1. The number of ether oxygens (including phenoxy) is 1. The first-order chi connectivity index (χ1) is 11.5. The smallest absolute Gasteiger partial charge is 0.257 e. The fourth-order valence-electron chi connectivity index (χ4n) is 2.50. The first kappa shape index (κ1) is 19.0. The second kappa shape index (κ2) is 9.22. The predicted octanol–water partition coefficient (Wildman–Crippen LogP) is 1.51. The summed E-state index contributed by atoms with van der Waals surface area (Å²) in [5.41, 5.74) is 0.321. The Morgan fingerprint density at radius 3 is 2.29 bits per heavy atom. The molecule has 0 aliphatic carbocycles. The van der Waals surface area contributed by atoms with Gasteiger partial charge < -0.3 is 19.9 Å². The standard InChI is InChI=1S/C16H21Cl2N3O3/c1-24-10-5-19-11-14(22)20-6-8-21(9-7-20)16(23)15-12(17)3-2-4-13(15)18/h2-4,19H,5-11H2,1H3. The summed E-state index contributed by atoms with van der Waals surface area (Å²) in [6.45, 7) is 3.39. The van der Waals surface area contributed by atoms with Gasteiger partial charge in [0.25, 0.3) is 5.91 Å². The van der Waals surface area contributed by atoms with Gasteiger partial charge in [0.1, 0.15) is 0 Å². The van der Waals surface area contributed by atoms with Crippen LogP contribution in [-0.4, -0.2) is 74.6 Å². The minimum Gasteiger partial charge on any atom is -0.383 e. The number of hydrogen-bond donors (Lipinski definition) is 1. The topological polar surface area (TPSA) is 61.9 Å². The van der Waals surface area contributed by atoms with Crippen LogP contribution in [0, 0.1) is 0 Å². The van der Waals surface area contributed by atoms with E-state index in [4.69, 9.17) is 27.9 Å². The fourth-order valence-corrected chi connectivity index (χ4v) is 3.06. The molecule has 132 valence electrons. The van der Waals surface area contributed by atoms with Gasteiger partial charge in [-0.05, 0) is 12.1 Å². The first-order valence-corrected chi connectivity index (χ1v) is 8.51. The number of nitrogens with one attached hydrogen (secondary N) is 1. The minimum absolute atomic E-state index is 0.0222. The number of nitrogens with zero attached hydrogens (tertiary/aromatic N) is 2. The molecule has 0 aromatic heterocycles. The monoisotopic (exact) mass is 373 g/mol. The summed E-state index contributed by atoms with van der Waals surface area (Å²) in [5, 5.41) is 3.71. The number of halogens is 2. The van der Waals surface area contributed by atoms with Crippen LogP contribution in [0.3, 0.4) is 0 Å². The van der Waals surface area contributed by atoms with Gasteiger partial charge in [0, 0.05) is 39.8 Å². The summed E-state index contributed by atoms with van der Waals surface area (Å²) in [7, 11) is 1.62. The number of hydrogen-bond acceptors (Lipinski definition) is 4. The molecule has 0 atom stereocenters. The second-order valence-corrected chi connectivity index (χ2v) is 6.25. The van der Waals surface area contributed by atoms with Crippen molar-refractivity contribution in [2.45, 2.75) is 0 Å². The van der Waals surface area contributed by atoms with Crippen molar-refractivity contribution in [3.8, 4) is 0 Å². The average molecular weight is 374 g/mol. The van der Waals surface area contributed by atoms with Crippen molar-refractivity contribution in [3.05, 3.63) is 33.8 Å². The highest BCUT2D eigenvalue weighted by Gasteiger charge is 2.26. The summed E-state index contributed by atoms with van der Waals surface area (Å²) in [6.07, 6.45) is 0. The SMILES string of the molecule is COCCNCC(=O)N1CCN(C(=O)c2c(Cl)cccc2Cl)CC1. The molecule has 6 nitrogen and oxygen atoms in total. The molecule has 0 saturated carbocycles. The summed E-state index contributed by atoms with van der Waals surface area (Å²) >= 11 is 12.2. The van der Waals surface area contributed by atoms with E-state index in [0.717, 1.165) is 0 Å². The lowest BCUT2D eigenvalue weighted by atomic mass is 10.1. The molecule has 0 unspecified atom stereocenters. The summed E-state index contributed by atoms with van der Waals surface area (Å²) in [6, 6.07) is 4.99. The molecule has 2 amide bonds. The molecule has 1 saturated heterocycles. The molecule has 1 aliphatic heterocycles. The Hall–Kier alpha value is -1.34. The van der Waals surface area contributed by atoms with Crippen LogP contribution in [0.15, 0.2) is 18.2 Å². The maximum absolute atomic E-state index is 12.6. The molecule has 0 bridgehead atoms. The Morgan fingerprint density at radius 2 is 1.71 bits per heavy atom. The zero-order valence-electron chi connectivity index (χ0n) is 13.6. The maximum atomic E-state index is 12.6.